The van der Waals surface area contributed by atoms with Gasteiger partial charge in [0.2, 0.25) is 0 Å². The molecular weight excluding hydrogens is 390 g/mol. The zero-order valence-electron chi connectivity index (χ0n) is 15.9. The van der Waals surface area contributed by atoms with Crippen LogP contribution >= 0.6 is 0 Å². The Labute approximate surface area is 171 Å². The number of ether oxygens (including phenoxy) is 2. The number of non-ortho nitro benzene ring substituents is 1. The second-order valence-corrected chi connectivity index (χ2v) is 6.17. The number of hydrogen-bond acceptors (Lipinski definition) is 7. The normalized spacial score (nSPS) is 10.2. The van der Waals surface area contributed by atoms with Crippen molar-refractivity contribution in [2.45, 2.75) is 6.92 Å². The molecule has 9 nitrogen and oxygen atoms in total. The number of anilines is 1. The second-order valence-electron chi connectivity index (χ2n) is 6.17. The van der Waals surface area contributed by atoms with Crippen LogP contribution in [0.15, 0.2) is 67.0 Å². The molecule has 0 unspecified atom stereocenters. The van der Waals surface area contributed by atoms with Crippen LogP contribution in [0.25, 0.3) is 0 Å². The quantitative estimate of drug-likeness (QED) is 0.358. The molecule has 1 N–H and O–H groups in total. The summed E-state index contributed by atoms with van der Waals surface area (Å²) >= 11 is 0. The SMILES string of the molecule is Cc1cc([N+](=O)[O-])ccc1NC(=O)COC(=O)c1ccccc1Oc1cccnc1. The highest BCUT2D eigenvalue weighted by molar-refractivity contribution is 5.97. The van der Waals surface area contributed by atoms with Crippen molar-refractivity contribution in [3.63, 3.8) is 0 Å². The van der Waals surface area contributed by atoms with Gasteiger partial charge in [-0.1, -0.05) is 12.1 Å². The van der Waals surface area contributed by atoms with E-state index in [-0.39, 0.29) is 17.0 Å². The van der Waals surface area contributed by atoms with E-state index in [0.29, 0.717) is 17.0 Å². The largest absolute Gasteiger partial charge is 0.455 e. The van der Waals surface area contributed by atoms with Gasteiger partial charge in [-0.25, -0.2) is 4.79 Å². The summed E-state index contributed by atoms with van der Waals surface area (Å²) in [4.78, 5) is 38.8. The molecule has 3 rings (SSSR count). The topological polar surface area (TPSA) is 121 Å². The van der Waals surface area contributed by atoms with E-state index in [1.54, 1.807) is 43.5 Å². The van der Waals surface area contributed by atoms with Crippen LogP contribution in [0.4, 0.5) is 11.4 Å². The number of nitro benzene ring substituents is 1. The molecule has 152 valence electrons. The van der Waals surface area contributed by atoms with Crippen LogP contribution in [-0.4, -0.2) is 28.4 Å². The number of carbonyl (C=O) groups excluding carboxylic acids is 2. The van der Waals surface area contributed by atoms with E-state index in [4.69, 9.17) is 9.47 Å². The van der Waals surface area contributed by atoms with Crippen LogP contribution in [0, 0.1) is 17.0 Å². The van der Waals surface area contributed by atoms with Crippen molar-refractivity contribution in [2.24, 2.45) is 0 Å². The average Bonchev–Trinajstić information content (AvgIpc) is 2.74. The van der Waals surface area contributed by atoms with Gasteiger partial charge in [-0.05, 0) is 42.8 Å². The van der Waals surface area contributed by atoms with Gasteiger partial charge in [-0.2, -0.15) is 0 Å². The molecule has 3 aromatic rings. The van der Waals surface area contributed by atoms with E-state index < -0.39 is 23.4 Å². The van der Waals surface area contributed by atoms with E-state index in [0.717, 1.165) is 0 Å². The zero-order valence-corrected chi connectivity index (χ0v) is 15.9. The number of carbonyl (C=O) groups is 2. The molecule has 0 radical (unpaired) electrons. The standard InChI is InChI=1S/C21H17N3O6/c1-14-11-15(24(27)28)8-9-18(14)23-20(25)13-29-21(26)17-6-2-3-7-19(17)30-16-5-4-10-22-12-16/h2-12H,13H2,1H3,(H,23,25). The number of para-hydroxylation sites is 1. The molecule has 0 aliphatic carbocycles. The number of amides is 1. The summed E-state index contributed by atoms with van der Waals surface area (Å²) in [6.07, 6.45) is 3.10. The highest BCUT2D eigenvalue weighted by Crippen LogP contribution is 2.25. The molecule has 30 heavy (non-hydrogen) atoms. The first kappa shape index (κ1) is 20.5. The van der Waals surface area contributed by atoms with Crippen LogP contribution < -0.4 is 10.1 Å². The van der Waals surface area contributed by atoms with Gasteiger partial charge in [-0.15, -0.1) is 0 Å². The van der Waals surface area contributed by atoms with Gasteiger partial charge in [0.1, 0.15) is 17.1 Å². The molecule has 0 spiro atoms. The van der Waals surface area contributed by atoms with Crippen molar-refractivity contribution < 1.29 is 24.0 Å². The zero-order chi connectivity index (χ0) is 21.5. The molecule has 2 aromatic carbocycles. The Balaban J connectivity index is 1.62. The van der Waals surface area contributed by atoms with Crippen molar-refractivity contribution in [3.05, 3.63) is 88.2 Å². The van der Waals surface area contributed by atoms with E-state index in [2.05, 4.69) is 10.3 Å². The van der Waals surface area contributed by atoms with Crippen molar-refractivity contribution >= 4 is 23.3 Å². The van der Waals surface area contributed by atoms with Crippen LogP contribution in [0.2, 0.25) is 0 Å². The Hall–Kier alpha value is -4.27. The van der Waals surface area contributed by atoms with Gasteiger partial charge < -0.3 is 14.8 Å². The monoisotopic (exact) mass is 407 g/mol. The number of aryl methyl sites for hydroxylation is 1. The lowest BCUT2D eigenvalue weighted by atomic mass is 10.2. The van der Waals surface area contributed by atoms with Crippen molar-refractivity contribution in [1.29, 1.82) is 0 Å². The molecule has 1 amide bonds. The first-order valence-electron chi connectivity index (χ1n) is 8.83. The van der Waals surface area contributed by atoms with Crippen molar-refractivity contribution in [1.82, 2.24) is 4.98 Å². The summed E-state index contributed by atoms with van der Waals surface area (Å²) in [6, 6.07) is 13.9. The third-order valence-corrected chi connectivity index (χ3v) is 4.00. The number of hydrogen-bond donors (Lipinski definition) is 1. The fraction of sp³-hybridized carbons (Fsp3) is 0.0952. The molecule has 0 saturated heterocycles. The van der Waals surface area contributed by atoms with Crippen LogP contribution in [0.3, 0.4) is 0 Å². The van der Waals surface area contributed by atoms with E-state index in [1.807, 2.05) is 0 Å². The number of rotatable bonds is 7. The predicted octanol–water partition coefficient (Wildman–Crippen LogP) is 3.89. The maximum absolute atomic E-state index is 12.4. The lowest BCUT2D eigenvalue weighted by Gasteiger charge is -2.11. The Morgan fingerprint density at radius 3 is 2.63 bits per heavy atom. The predicted molar refractivity (Wildman–Crippen MR) is 107 cm³/mol. The minimum absolute atomic E-state index is 0.0813. The molecule has 9 heteroatoms. The van der Waals surface area contributed by atoms with Gasteiger partial charge in [-0.3, -0.25) is 19.9 Å². The number of esters is 1. The van der Waals surface area contributed by atoms with Gasteiger partial charge in [0.15, 0.2) is 6.61 Å². The molecule has 0 saturated carbocycles. The number of benzene rings is 2. The van der Waals surface area contributed by atoms with Gasteiger partial charge in [0, 0.05) is 24.0 Å². The highest BCUT2D eigenvalue weighted by Gasteiger charge is 2.17. The maximum atomic E-state index is 12.4. The van der Waals surface area contributed by atoms with Gasteiger partial charge in [0.25, 0.3) is 11.6 Å². The van der Waals surface area contributed by atoms with Gasteiger partial charge in [0.05, 0.1) is 11.1 Å². The van der Waals surface area contributed by atoms with Crippen LogP contribution in [0.5, 0.6) is 11.5 Å². The van der Waals surface area contributed by atoms with E-state index in [1.165, 1.54) is 30.5 Å². The first-order valence-corrected chi connectivity index (χ1v) is 8.83. The lowest BCUT2D eigenvalue weighted by molar-refractivity contribution is -0.384. The molecule has 1 heterocycles. The Morgan fingerprint density at radius 2 is 1.93 bits per heavy atom. The lowest BCUT2D eigenvalue weighted by Crippen LogP contribution is -2.21. The molecule has 0 aliphatic heterocycles. The fourth-order valence-electron chi connectivity index (χ4n) is 2.56. The van der Waals surface area contributed by atoms with Crippen molar-refractivity contribution in [2.75, 3.05) is 11.9 Å². The minimum Gasteiger partial charge on any atom is -0.455 e. The average molecular weight is 407 g/mol. The number of nitrogens with one attached hydrogen (secondary N) is 1. The van der Waals surface area contributed by atoms with Crippen LogP contribution in [-0.2, 0) is 9.53 Å². The highest BCUT2D eigenvalue weighted by atomic mass is 16.6. The third kappa shape index (κ3) is 5.16. The molecule has 0 aliphatic rings. The molecule has 0 atom stereocenters. The first-order chi connectivity index (χ1) is 14.4. The van der Waals surface area contributed by atoms with Crippen molar-refractivity contribution in [3.8, 4) is 11.5 Å². The Bertz CT molecular complexity index is 1090. The second kappa shape index (κ2) is 9.28. The molecule has 1 aromatic heterocycles. The summed E-state index contributed by atoms with van der Waals surface area (Å²) in [7, 11) is 0. The van der Waals surface area contributed by atoms with Crippen LogP contribution in [0.1, 0.15) is 15.9 Å². The summed E-state index contributed by atoms with van der Waals surface area (Å²) in [5.41, 5.74) is 0.976. The number of nitrogens with zero attached hydrogens (tertiary/aromatic N) is 2. The number of nitro groups is 1. The molecule has 0 bridgehead atoms. The minimum atomic E-state index is -0.731. The summed E-state index contributed by atoms with van der Waals surface area (Å²) < 4.78 is 10.7. The summed E-state index contributed by atoms with van der Waals surface area (Å²) in [5, 5.41) is 13.3. The summed E-state index contributed by atoms with van der Waals surface area (Å²) in [6.45, 7) is 1.09. The Kier molecular flexibility index (Phi) is 6.33. The number of pyridine rings is 1. The smallest absolute Gasteiger partial charge is 0.342 e. The van der Waals surface area contributed by atoms with E-state index >= 15 is 0 Å². The Morgan fingerprint density at radius 1 is 1.13 bits per heavy atom. The third-order valence-electron chi connectivity index (χ3n) is 4.00. The maximum Gasteiger partial charge on any atom is 0.342 e. The fourth-order valence-corrected chi connectivity index (χ4v) is 2.56. The van der Waals surface area contributed by atoms with Gasteiger partial charge >= 0.3 is 5.97 Å². The molecule has 0 fully saturated rings. The van der Waals surface area contributed by atoms with E-state index in [9.17, 15) is 19.7 Å². The number of aromatic nitrogens is 1. The molecular formula is C21H17N3O6. The summed E-state index contributed by atoms with van der Waals surface area (Å²) in [5.74, 6) is -0.595.